The lowest BCUT2D eigenvalue weighted by atomic mass is 9.85. The monoisotopic (exact) mass is 208 g/mol. The first-order valence-electron chi connectivity index (χ1n) is 5.31. The number of aromatic nitrogens is 1. The number of nitrogens with two attached hydrogens (primary N) is 1. The molecule has 1 aliphatic carbocycles. The van der Waals surface area contributed by atoms with Gasteiger partial charge >= 0.3 is 0 Å². The van der Waals surface area contributed by atoms with Gasteiger partial charge in [-0.1, -0.05) is 13.8 Å². The molecule has 2 nitrogen and oxygen atoms in total. The molecule has 0 spiro atoms. The molecule has 1 aromatic rings. The maximum absolute atomic E-state index is 13.1. The van der Waals surface area contributed by atoms with Gasteiger partial charge in [-0.05, 0) is 36.3 Å². The zero-order valence-corrected chi connectivity index (χ0v) is 9.26. The molecule has 1 aliphatic rings. The number of hydrogen-bond donors (Lipinski definition) is 1. The van der Waals surface area contributed by atoms with E-state index in [4.69, 9.17) is 5.73 Å². The molecule has 1 aromatic heterocycles. The van der Waals surface area contributed by atoms with E-state index in [9.17, 15) is 4.39 Å². The van der Waals surface area contributed by atoms with E-state index in [1.807, 2.05) is 0 Å². The summed E-state index contributed by atoms with van der Waals surface area (Å²) >= 11 is 0. The Labute approximate surface area is 89.7 Å². The summed E-state index contributed by atoms with van der Waals surface area (Å²) in [6.45, 7) is 4.41. The van der Waals surface area contributed by atoms with Gasteiger partial charge in [0.25, 0.3) is 0 Å². The molecule has 0 aromatic carbocycles. The maximum Gasteiger partial charge on any atom is 0.141 e. The van der Waals surface area contributed by atoms with Crippen molar-refractivity contribution in [1.29, 1.82) is 0 Å². The van der Waals surface area contributed by atoms with Gasteiger partial charge in [0, 0.05) is 11.7 Å². The van der Waals surface area contributed by atoms with Crippen molar-refractivity contribution in [2.45, 2.75) is 38.6 Å². The van der Waals surface area contributed by atoms with Gasteiger partial charge in [0.15, 0.2) is 0 Å². The normalized spacial score (nSPS) is 29.3. The molecule has 1 fully saturated rings. The summed E-state index contributed by atoms with van der Waals surface area (Å²) < 4.78 is 13.1. The zero-order valence-electron chi connectivity index (χ0n) is 9.26. The van der Waals surface area contributed by atoms with Crippen LogP contribution in [0.3, 0.4) is 0 Å². The first-order chi connectivity index (χ1) is 6.91. The van der Waals surface area contributed by atoms with E-state index in [-0.39, 0.29) is 11.2 Å². The largest absolute Gasteiger partial charge is 0.321 e. The molecule has 0 aliphatic heterocycles. The minimum Gasteiger partial charge on any atom is -0.321 e. The molecule has 0 radical (unpaired) electrons. The average Bonchev–Trinajstić information content (AvgIpc) is 2.42. The Morgan fingerprint density at radius 1 is 1.33 bits per heavy atom. The zero-order chi connectivity index (χ0) is 11.1. The molecular weight excluding hydrogens is 191 g/mol. The van der Waals surface area contributed by atoms with E-state index >= 15 is 0 Å². The summed E-state index contributed by atoms with van der Waals surface area (Å²) in [5.41, 5.74) is 7.01. The highest BCUT2D eigenvalue weighted by molar-refractivity contribution is 5.23. The first-order valence-corrected chi connectivity index (χ1v) is 5.31. The van der Waals surface area contributed by atoms with E-state index in [1.54, 1.807) is 6.20 Å². The van der Waals surface area contributed by atoms with Crippen molar-refractivity contribution in [2.24, 2.45) is 11.1 Å². The molecule has 0 saturated heterocycles. The molecule has 1 saturated carbocycles. The Morgan fingerprint density at radius 3 is 2.60 bits per heavy atom. The van der Waals surface area contributed by atoms with Crippen molar-refractivity contribution in [3.63, 3.8) is 0 Å². The molecular formula is C12H17FN2. The van der Waals surface area contributed by atoms with Crippen LogP contribution in [-0.2, 0) is 5.54 Å². The summed E-state index contributed by atoms with van der Waals surface area (Å²) in [5, 5.41) is 0. The van der Waals surface area contributed by atoms with Crippen LogP contribution < -0.4 is 5.73 Å². The molecule has 0 bridgehead atoms. The lowest BCUT2D eigenvalue weighted by Crippen LogP contribution is -2.34. The highest BCUT2D eigenvalue weighted by atomic mass is 19.1. The lowest BCUT2D eigenvalue weighted by Gasteiger charge is -2.26. The van der Waals surface area contributed by atoms with Crippen LogP contribution in [0.1, 0.15) is 38.7 Å². The van der Waals surface area contributed by atoms with Gasteiger partial charge in [-0.3, -0.25) is 4.98 Å². The van der Waals surface area contributed by atoms with E-state index in [0.717, 1.165) is 24.8 Å². The summed E-state index contributed by atoms with van der Waals surface area (Å²) in [6, 6.07) is 1.51. The van der Waals surface area contributed by atoms with Gasteiger partial charge in [-0.2, -0.15) is 0 Å². The van der Waals surface area contributed by atoms with Crippen LogP contribution >= 0.6 is 0 Å². The van der Waals surface area contributed by atoms with Crippen molar-refractivity contribution in [3.05, 3.63) is 29.8 Å². The Balaban J connectivity index is 2.31. The molecule has 1 heterocycles. The topological polar surface area (TPSA) is 38.9 Å². The maximum atomic E-state index is 13.1. The highest BCUT2D eigenvalue weighted by Gasteiger charge is 2.41. The minimum atomic E-state index is -0.390. The Hall–Kier alpha value is -0.960. The van der Waals surface area contributed by atoms with Crippen molar-refractivity contribution < 1.29 is 4.39 Å². The third kappa shape index (κ3) is 2.02. The number of nitrogens with zero attached hydrogens (tertiary/aromatic N) is 1. The van der Waals surface area contributed by atoms with Crippen LogP contribution in [-0.4, -0.2) is 4.98 Å². The quantitative estimate of drug-likeness (QED) is 0.770. The van der Waals surface area contributed by atoms with Gasteiger partial charge < -0.3 is 5.73 Å². The smallest absolute Gasteiger partial charge is 0.141 e. The molecule has 3 heteroatoms. The fourth-order valence-corrected chi connectivity index (χ4v) is 2.52. The van der Waals surface area contributed by atoms with Gasteiger partial charge in [-0.15, -0.1) is 0 Å². The van der Waals surface area contributed by atoms with Gasteiger partial charge in [-0.25, -0.2) is 4.39 Å². The Bertz CT molecular complexity index is 376. The van der Waals surface area contributed by atoms with E-state index in [0.29, 0.717) is 0 Å². The molecule has 15 heavy (non-hydrogen) atoms. The number of pyridine rings is 1. The van der Waals surface area contributed by atoms with E-state index < -0.39 is 5.54 Å². The summed E-state index contributed by atoms with van der Waals surface area (Å²) in [6.07, 6.45) is 5.79. The second-order valence-electron chi connectivity index (χ2n) is 5.39. The number of hydrogen-bond acceptors (Lipinski definition) is 2. The summed E-state index contributed by atoms with van der Waals surface area (Å²) in [7, 11) is 0. The van der Waals surface area contributed by atoms with Crippen molar-refractivity contribution in [3.8, 4) is 0 Å². The second-order valence-corrected chi connectivity index (χ2v) is 5.39. The minimum absolute atomic E-state index is 0.251. The molecule has 2 N–H and O–H groups in total. The summed E-state index contributed by atoms with van der Waals surface area (Å²) in [5.74, 6) is -0.304. The first kappa shape index (κ1) is 10.6. The van der Waals surface area contributed by atoms with Crippen molar-refractivity contribution in [2.75, 3.05) is 0 Å². The van der Waals surface area contributed by atoms with Crippen LogP contribution in [0.4, 0.5) is 4.39 Å². The molecule has 1 unspecified atom stereocenters. The molecule has 2 rings (SSSR count). The average molecular weight is 208 g/mol. The van der Waals surface area contributed by atoms with Gasteiger partial charge in [0.2, 0.25) is 0 Å². The third-order valence-corrected chi connectivity index (χ3v) is 3.32. The Kier molecular flexibility index (Phi) is 2.30. The highest BCUT2D eigenvalue weighted by Crippen LogP contribution is 2.47. The van der Waals surface area contributed by atoms with E-state index in [2.05, 4.69) is 18.8 Å². The predicted molar refractivity (Wildman–Crippen MR) is 57.7 cm³/mol. The van der Waals surface area contributed by atoms with Crippen LogP contribution in [0.15, 0.2) is 18.5 Å². The van der Waals surface area contributed by atoms with Crippen LogP contribution in [0, 0.1) is 11.2 Å². The Morgan fingerprint density at radius 2 is 2.07 bits per heavy atom. The van der Waals surface area contributed by atoms with Crippen molar-refractivity contribution in [1.82, 2.24) is 4.98 Å². The molecule has 82 valence electrons. The fourth-order valence-electron chi connectivity index (χ4n) is 2.52. The summed E-state index contributed by atoms with van der Waals surface area (Å²) in [4.78, 5) is 3.87. The lowest BCUT2D eigenvalue weighted by molar-refractivity contribution is 0.338. The molecule has 0 amide bonds. The van der Waals surface area contributed by atoms with Crippen LogP contribution in [0.2, 0.25) is 0 Å². The van der Waals surface area contributed by atoms with Gasteiger partial charge in [0.05, 0.1) is 6.20 Å². The van der Waals surface area contributed by atoms with Gasteiger partial charge in [0.1, 0.15) is 5.82 Å². The van der Waals surface area contributed by atoms with Crippen LogP contribution in [0.25, 0.3) is 0 Å². The number of halogens is 1. The fraction of sp³-hybridized carbons (Fsp3) is 0.583. The van der Waals surface area contributed by atoms with E-state index in [1.165, 1.54) is 12.3 Å². The molecule has 1 atom stereocenters. The standard InChI is InChI=1S/C12H17FN2/c1-11(2)3-4-12(14,8-11)9-5-10(13)7-15-6-9/h5-7H,3-4,8,14H2,1-2H3. The number of rotatable bonds is 1. The van der Waals surface area contributed by atoms with Crippen LogP contribution in [0.5, 0.6) is 0 Å². The second kappa shape index (κ2) is 3.27. The predicted octanol–water partition coefficient (Wildman–Crippen LogP) is 2.58. The SMILES string of the molecule is CC1(C)CCC(N)(c2cncc(F)c2)C1. The van der Waals surface area contributed by atoms with Crippen molar-refractivity contribution >= 4 is 0 Å². The third-order valence-electron chi connectivity index (χ3n) is 3.32.